The predicted octanol–water partition coefficient (Wildman–Crippen LogP) is 6.00. The van der Waals surface area contributed by atoms with Crippen molar-refractivity contribution in [2.24, 2.45) is 17.3 Å². The number of anilines is 1. The first-order chi connectivity index (χ1) is 16.2. The number of phosphoric acid groups is 1. The normalized spacial score (nSPS) is 25.9. The summed E-state index contributed by atoms with van der Waals surface area (Å²) in [7, 11) is -4.58. The number of carbonyl (C=O) groups is 2. The second kappa shape index (κ2) is 11.4. The third-order valence-electron chi connectivity index (χ3n) is 7.24. The van der Waals surface area contributed by atoms with Gasteiger partial charge in [0.1, 0.15) is 4.88 Å². The van der Waals surface area contributed by atoms with E-state index in [1.165, 1.54) is 11.3 Å². The zero-order valence-corrected chi connectivity index (χ0v) is 22.9. The predicted molar refractivity (Wildman–Crippen MR) is 137 cm³/mol. The first-order valence-electron chi connectivity index (χ1n) is 12.7. The third kappa shape index (κ3) is 8.12. The Balaban J connectivity index is 1.90. The minimum atomic E-state index is -4.58. The number of hydrogen-bond donors (Lipinski definition) is 3. The monoisotopic (exact) mass is 529 g/mol. The molecular formula is C25H40NO7PS. The molecule has 10 heteroatoms. The van der Waals surface area contributed by atoms with Crippen molar-refractivity contribution in [2.75, 3.05) is 4.90 Å². The number of aromatic carboxylic acids is 1. The van der Waals surface area contributed by atoms with Gasteiger partial charge in [-0.25, -0.2) is 9.36 Å². The number of rotatable bonds is 8. The Labute approximate surface area is 212 Å². The molecule has 2 fully saturated rings. The molecule has 0 saturated heterocycles. The second-order valence-electron chi connectivity index (χ2n) is 11.5. The Morgan fingerprint density at radius 3 is 2.20 bits per heavy atom. The highest BCUT2D eigenvalue weighted by molar-refractivity contribution is 7.46. The Morgan fingerprint density at radius 2 is 1.69 bits per heavy atom. The molecule has 3 rings (SSSR count). The molecule has 3 N–H and O–H groups in total. The molecule has 0 aliphatic heterocycles. The Morgan fingerprint density at radius 1 is 1.09 bits per heavy atom. The SMILES string of the molecule is CC(C)(C)CCc1cc(N(C(=O)[C@H]2CC[C@H](C)CC2)[C@H]2CC[C@H](OP(=O)(O)O)CC2)c(C(=O)O)s1. The van der Waals surface area contributed by atoms with Crippen LogP contribution in [-0.2, 0) is 20.3 Å². The first-order valence-corrected chi connectivity index (χ1v) is 15.0. The van der Waals surface area contributed by atoms with Crippen LogP contribution in [0, 0.1) is 17.3 Å². The molecule has 0 aromatic carbocycles. The van der Waals surface area contributed by atoms with Crippen molar-refractivity contribution < 1.29 is 33.6 Å². The number of hydrogen-bond acceptors (Lipinski definition) is 5. The van der Waals surface area contributed by atoms with Crippen LogP contribution in [0.1, 0.15) is 100 Å². The van der Waals surface area contributed by atoms with Crippen molar-refractivity contribution in [3.63, 3.8) is 0 Å². The molecule has 0 radical (unpaired) electrons. The summed E-state index contributed by atoms with van der Waals surface area (Å²) in [5, 5.41) is 10.0. The molecule has 1 amide bonds. The first kappa shape index (κ1) is 28.3. The Kier molecular flexibility index (Phi) is 9.25. The van der Waals surface area contributed by atoms with Crippen LogP contribution in [0.15, 0.2) is 6.07 Å². The van der Waals surface area contributed by atoms with Crippen molar-refractivity contribution in [1.82, 2.24) is 0 Å². The lowest BCUT2D eigenvalue weighted by atomic mass is 9.81. The van der Waals surface area contributed by atoms with Gasteiger partial charge in [0, 0.05) is 16.8 Å². The van der Waals surface area contributed by atoms with E-state index in [1.807, 2.05) is 6.07 Å². The molecular weight excluding hydrogens is 489 g/mol. The maximum atomic E-state index is 13.9. The van der Waals surface area contributed by atoms with E-state index in [9.17, 15) is 29.0 Å². The van der Waals surface area contributed by atoms with Crippen LogP contribution in [0.4, 0.5) is 5.69 Å². The molecule has 198 valence electrons. The van der Waals surface area contributed by atoms with Crippen LogP contribution >= 0.6 is 19.2 Å². The molecule has 2 aliphatic rings. The van der Waals surface area contributed by atoms with Gasteiger partial charge in [-0.15, -0.1) is 11.3 Å². The number of carboxylic acids is 1. The maximum Gasteiger partial charge on any atom is 0.469 e. The van der Waals surface area contributed by atoms with Gasteiger partial charge in [-0.2, -0.15) is 0 Å². The molecule has 0 atom stereocenters. The summed E-state index contributed by atoms with van der Waals surface area (Å²) >= 11 is 1.25. The minimum absolute atomic E-state index is 0.0149. The second-order valence-corrected chi connectivity index (χ2v) is 13.8. The van der Waals surface area contributed by atoms with Gasteiger partial charge in [0.05, 0.1) is 11.8 Å². The standard InChI is InChI=1S/C25H40NO7PS/c1-16-5-7-17(8-6-16)23(27)26(18-9-11-19(12-10-18)33-34(30,31)32)21-15-20(13-14-25(2,3)4)35-22(21)24(28)29/h15-19H,5-14H2,1-4H3,(H,28,29)(H2,30,31,32)/t16-,17-,18-,19-. The van der Waals surface area contributed by atoms with Crippen molar-refractivity contribution in [1.29, 1.82) is 0 Å². The van der Waals surface area contributed by atoms with Gasteiger partial charge in [0.25, 0.3) is 0 Å². The lowest BCUT2D eigenvalue weighted by Crippen LogP contribution is -2.47. The van der Waals surface area contributed by atoms with Crippen LogP contribution in [0.5, 0.6) is 0 Å². The molecule has 35 heavy (non-hydrogen) atoms. The highest BCUT2D eigenvalue weighted by Gasteiger charge is 2.38. The van der Waals surface area contributed by atoms with E-state index in [0.29, 0.717) is 37.3 Å². The van der Waals surface area contributed by atoms with Gasteiger partial charge in [-0.1, -0.05) is 27.7 Å². The van der Waals surface area contributed by atoms with Crippen molar-refractivity contribution in [3.05, 3.63) is 15.8 Å². The number of phosphoric ester groups is 1. The number of aryl methyl sites for hydroxylation is 1. The molecule has 0 bridgehead atoms. The number of amides is 1. The van der Waals surface area contributed by atoms with E-state index >= 15 is 0 Å². The van der Waals surface area contributed by atoms with Crippen LogP contribution in [0.2, 0.25) is 0 Å². The molecule has 8 nitrogen and oxygen atoms in total. The number of carboxylic acid groups (broad SMARTS) is 1. The molecule has 0 unspecified atom stereocenters. The summed E-state index contributed by atoms with van der Waals surface area (Å²) in [6.07, 6.45) is 6.49. The van der Waals surface area contributed by atoms with E-state index < -0.39 is 19.9 Å². The van der Waals surface area contributed by atoms with E-state index in [1.54, 1.807) is 4.90 Å². The van der Waals surface area contributed by atoms with E-state index in [0.717, 1.165) is 43.4 Å². The average Bonchev–Trinajstić information content (AvgIpc) is 3.17. The van der Waals surface area contributed by atoms with Crippen LogP contribution in [0.3, 0.4) is 0 Å². The van der Waals surface area contributed by atoms with E-state index in [4.69, 9.17) is 4.52 Å². The van der Waals surface area contributed by atoms with Crippen LogP contribution in [-0.4, -0.2) is 38.9 Å². The third-order valence-corrected chi connectivity index (χ3v) is 8.98. The summed E-state index contributed by atoms with van der Waals surface area (Å²) in [6.45, 7) is 8.65. The van der Waals surface area contributed by atoms with Crippen molar-refractivity contribution in [2.45, 2.75) is 104 Å². The largest absolute Gasteiger partial charge is 0.477 e. The number of thiophene rings is 1. The van der Waals surface area contributed by atoms with E-state index in [2.05, 4.69) is 27.7 Å². The summed E-state index contributed by atoms with van der Waals surface area (Å²) < 4.78 is 16.2. The van der Waals surface area contributed by atoms with Crippen LogP contribution < -0.4 is 4.90 Å². The summed E-state index contributed by atoms with van der Waals surface area (Å²) in [5.74, 6) is -0.582. The fraction of sp³-hybridized carbons (Fsp3) is 0.760. The molecule has 2 saturated carbocycles. The lowest BCUT2D eigenvalue weighted by Gasteiger charge is -2.39. The van der Waals surface area contributed by atoms with Gasteiger partial charge in [-0.05, 0) is 81.6 Å². The smallest absolute Gasteiger partial charge is 0.469 e. The van der Waals surface area contributed by atoms with Crippen molar-refractivity contribution >= 4 is 36.7 Å². The molecule has 1 heterocycles. The van der Waals surface area contributed by atoms with Gasteiger partial charge >= 0.3 is 13.8 Å². The number of carbonyl (C=O) groups excluding carboxylic acids is 1. The summed E-state index contributed by atoms with van der Waals surface area (Å²) in [6, 6.07) is 1.67. The average molecular weight is 530 g/mol. The zero-order valence-electron chi connectivity index (χ0n) is 21.2. The quantitative estimate of drug-likeness (QED) is 0.353. The maximum absolute atomic E-state index is 13.9. The highest BCUT2D eigenvalue weighted by Crippen LogP contribution is 2.43. The summed E-state index contributed by atoms with van der Waals surface area (Å²) in [4.78, 5) is 47.4. The Hall–Kier alpha value is -1.25. The molecule has 1 aromatic heterocycles. The number of nitrogens with zero attached hydrogens (tertiary/aromatic N) is 1. The summed E-state index contributed by atoms with van der Waals surface area (Å²) in [5.41, 5.74) is 0.591. The van der Waals surface area contributed by atoms with Gasteiger partial charge < -0.3 is 19.8 Å². The minimum Gasteiger partial charge on any atom is -0.477 e. The fourth-order valence-electron chi connectivity index (χ4n) is 5.19. The fourth-order valence-corrected chi connectivity index (χ4v) is 6.77. The zero-order chi connectivity index (χ0) is 26.0. The molecule has 2 aliphatic carbocycles. The topological polar surface area (TPSA) is 124 Å². The van der Waals surface area contributed by atoms with Crippen molar-refractivity contribution in [3.8, 4) is 0 Å². The van der Waals surface area contributed by atoms with Gasteiger partial charge in [0.15, 0.2) is 0 Å². The Bertz CT molecular complexity index is 934. The van der Waals surface area contributed by atoms with Crippen LogP contribution in [0.25, 0.3) is 0 Å². The lowest BCUT2D eigenvalue weighted by molar-refractivity contribution is -0.124. The van der Waals surface area contributed by atoms with E-state index in [-0.39, 0.29) is 28.2 Å². The van der Waals surface area contributed by atoms with Gasteiger partial charge in [-0.3, -0.25) is 9.32 Å². The molecule has 1 aromatic rings. The highest BCUT2D eigenvalue weighted by atomic mass is 32.1. The molecule has 0 spiro atoms. The van der Waals surface area contributed by atoms with Gasteiger partial charge in [0.2, 0.25) is 5.91 Å².